The van der Waals surface area contributed by atoms with Gasteiger partial charge in [0.25, 0.3) is 0 Å². The zero-order valence-corrected chi connectivity index (χ0v) is 10.2. The van der Waals surface area contributed by atoms with Crippen LogP contribution in [0.2, 0.25) is 0 Å². The van der Waals surface area contributed by atoms with E-state index in [0.717, 1.165) is 10.0 Å². The number of benzene rings is 1. The highest BCUT2D eigenvalue weighted by Crippen LogP contribution is 2.23. The van der Waals surface area contributed by atoms with E-state index in [0.29, 0.717) is 5.75 Å². The molecule has 0 aliphatic carbocycles. The Bertz CT molecular complexity index is 503. The van der Waals surface area contributed by atoms with Crippen molar-refractivity contribution in [2.45, 2.75) is 6.92 Å². The molecule has 0 bridgehead atoms. The van der Waals surface area contributed by atoms with Crippen molar-refractivity contribution in [1.82, 2.24) is 0 Å². The normalized spacial score (nSPS) is 10.1. The Labute approximate surface area is 101 Å². The molecule has 3 nitrogen and oxygen atoms in total. The molecule has 0 unspecified atom stereocenters. The van der Waals surface area contributed by atoms with E-state index >= 15 is 0 Å². The van der Waals surface area contributed by atoms with Gasteiger partial charge in [-0.2, -0.15) is 0 Å². The van der Waals surface area contributed by atoms with Gasteiger partial charge in [0, 0.05) is 4.47 Å². The Kier molecular flexibility index (Phi) is 3.10. The first-order valence-electron chi connectivity index (χ1n) is 4.68. The molecule has 0 atom stereocenters. The van der Waals surface area contributed by atoms with Gasteiger partial charge < -0.3 is 9.15 Å². The molecule has 0 fully saturated rings. The lowest BCUT2D eigenvalue weighted by Crippen LogP contribution is -2.07. The summed E-state index contributed by atoms with van der Waals surface area (Å²) in [5.41, 5.74) is 0.884. The van der Waals surface area contributed by atoms with Gasteiger partial charge in [-0.25, -0.2) is 4.79 Å². The van der Waals surface area contributed by atoms with Crippen LogP contribution in [0.25, 0.3) is 0 Å². The highest BCUT2D eigenvalue weighted by molar-refractivity contribution is 9.10. The maximum Gasteiger partial charge on any atom is 0.379 e. The molecule has 0 saturated heterocycles. The van der Waals surface area contributed by atoms with E-state index in [1.807, 2.05) is 19.1 Å². The molecule has 2 rings (SSSR count). The van der Waals surface area contributed by atoms with Gasteiger partial charge in [-0.3, -0.25) is 0 Å². The van der Waals surface area contributed by atoms with Crippen LogP contribution in [0.4, 0.5) is 0 Å². The molecule has 4 heteroatoms. The topological polar surface area (TPSA) is 39.4 Å². The number of rotatable bonds is 2. The van der Waals surface area contributed by atoms with Gasteiger partial charge in [-0.1, -0.05) is 15.9 Å². The van der Waals surface area contributed by atoms with Gasteiger partial charge in [-0.05, 0) is 42.8 Å². The van der Waals surface area contributed by atoms with E-state index in [-0.39, 0.29) is 5.76 Å². The molecule has 82 valence electrons. The van der Waals surface area contributed by atoms with Crippen LogP contribution < -0.4 is 4.74 Å². The summed E-state index contributed by atoms with van der Waals surface area (Å²) in [5.74, 6) is 0.238. The number of carbonyl (C=O) groups excluding carboxylic acids is 1. The van der Waals surface area contributed by atoms with E-state index in [1.54, 1.807) is 18.2 Å². The number of esters is 1. The van der Waals surface area contributed by atoms with Crippen molar-refractivity contribution < 1.29 is 13.9 Å². The van der Waals surface area contributed by atoms with Gasteiger partial charge in [0.15, 0.2) is 0 Å². The third-order valence-corrected chi connectivity index (χ3v) is 2.56. The van der Waals surface area contributed by atoms with E-state index in [9.17, 15) is 4.79 Å². The summed E-state index contributed by atoms with van der Waals surface area (Å²) in [6.07, 6.45) is 1.44. The zero-order valence-electron chi connectivity index (χ0n) is 8.57. The predicted octanol–water partition coefficient (Wildman–Crippen LogP) is 3.57. The number of halogens is 1. The number of hydrogen-bond donors (Lipinski definition) is 0. The highest BCUT2D eigenvalue weighted by atomic mass is 79.9. The Hall–Kier alpha value is -1.55. The van der Waals surface area contributed by atoms with Gasteiger partial charge >= 0.3 is 5.97 Å². The Morgan fingerprint density at radius 3 is 2.81 bits per heavy atom. The summed E-state index contributed by atoms with van der Waals surface area (Å²) >= 11 is 3.34. The van der Waals surface area contributed by atoms with E-state index < -0.39 is 5.97 Å². The molecule has 1 heterocycles. The lowest BCUT2D eigenvalue weighted by atomic mass is 10.2. The molecular formula is C12H9BrO3. The fourth-order valence-electron chi connectivity index (χ4n) is 1.27. The summed E-state index contributed by atoms with van der Waals surface area (Å²) in [7, 11) is 0. The average molecular weight is 281 g/mol. The number of carbonyl (C=O) groups is 1. The third kappa shape index (κ3) is 2.33. The summed E-state index contributed by atoms with van der Waals surface area (Å²) in [6.45, 7) is 1.87. The van der Waals surface area contributed by atoms with Gasteiger partial charge in [0.05, 0.1) is 6.26 Å². The van der Waals surface area contributed by atoms with Crippen molar-refractivity contribution in [2.75, 3.05) is 0 Å². The van der Waals surface area contributed by atoms with Crippen molar-refractivity contribution >= 4 is 21.9 Å². The first kappa shape index (κ1) is 11.0. The Morgan fingerprint density at radius 1 is 1.38 bits per heavy atom. The molecule has 0 aliphatic heterocycles. The number of aryl methyl sites for hydroxylation is 1. The van der Waals surface area contributed by atoms with Gasteiger partial charge in [-0.15, -0.1) is 0 Å². The molecule has 0 spiro atoms. The summed E-state index contributed by atoms with van der Waals surface area (Å²) < 4.78 is 11.1. The van der Waals surface area contributed by atoms with Crippen LogP contribution in [0.15, 0.2) is 45.5 Å². The molecule has 0 N–H and O–H groups in total. The molecule has 16 heavy (non-hydrogen) atoms. The lowest BCUT2D eigenvalue weighted by Gasteiger charge is -2.05. The molecule has 0 amide bonds. The van der Waals surface area contributed by atoms with Crippen LogP contribution in [-0.4, -0.2) is 5.97 Å². The predicted molar refractivity (Wildman–Crippen MR) is 62.5 cm³/mol. The van der Waals surface area contributed by atoms with Crippen LogP contribution >= 0.6 is 15.9 Å². The van der Waals surface area contributed by atoms with E-state index in [2.05, 4.69) is 15.9 Å². The molecule has 1 aromatic heterocycles. The van der Waals surface area contributed by atoms with E-state index in [1.165, 1.54) is 6.26 Å². The molecule has 0 aliphatic rings. The molecular weight excluding hydrogens is 272 g/mol. The molecule has 2 aromatic rings. The minimum Gasteiger partial charge on any atom is -0.457 e. The minimum atomic E-state index is -0.490. The van der Waals surface area contributed by atoms with E-state index in [4.69, 9.17) is 9.15 Å². The number of ether oxygens (including phenoxy) is 1. The Balaban J connectivity index is 2.18. The van der Waals surface area contributed by atoms with Crippen molar-refractivity contribution in [1.29, 1.82) is 0 Å². The smallest absolute Gasteiger partial charge is 0.379 e. The second-order valence-electron chi connectivity index (χ2n) is 3.28. The lowest BCUT2D eigenvalue weighted by molar-refractivity contribution is 0.0700. The highest BCUT2D eigenvalue weighted by Gasteiger charge is 2.12. The van der Waals surface area contributed by atoms with Gasteiger partial charge in [0.2, 0.25) is 5.76 Å². The quantitative estimate of drug-likeness (QED) is 0.624. The van der Waals surface area contributed by atoms with Gasteiger partial charge in [0.1, 0.15) is 5.75 Å². The molecule has 0 saturated carbocycles. The number of furan rings is 1. The Morgan fingerprint density at radius 2 is 2.19 bits per heavy atom. The zero-order chi connectivity index (χ0) is 11.5. The van der Waals surface area contributed by atoms with Crippen LogP contribution in [0, 0.1) is 6.92 Å². The second-order valence-corrected chi connectivity index (χ2v) is 4.19. The summed E-state index contributed by atoms with van der Waals surface area (Å²) in [6, 6.07) is 8.64. The summed E-state index contributed by atoms with van der Waals surface area (Å²) in [5, 5.41) is 0. The first-order valence-corrected chi connectivity index (χ1v) is 5.48. The first-order chi connectivity index (χ1) is 7.66. The monoisotopic (exact) mass is 280 g/mol. The van der Waals surface area contributed by atoms with Crippen LogP contribution in [0.5, 0.6) is 5.75 Å². The SMILES string of the molecule is Cc1cc(Br)ccc1OC(=O)c1ccco1. The van der Waals surface area contributed by atoms with Crippen LogP contribution in [-0.2, 0) is 0 Å². The maximum absolute atomic E-state index is 11.6. The van der Waals surface area contributed by atoms with Crippen LogP contribution in [0.1, 0.15) is 16.1 Å². The summed E-state index contributed by atoms with van der Waals surface area (Å²) in [4.78, 5) is 11.6. The maximum atomic E-state index is 11.6. The molecule has 1 aromatic carbocycles. The van der Waals surface area contributed by atoms with Crippen molar-refractivity contribution in [3.63, 3.8) is 0 Å². The standard InChI is InChI=1S/C12H9BrO3/c1-8-7-9(13)4-5-10(8)16-12(14)11-3-2-6-15-11/h2-7H,1H3. The third-order valence-electron chi connectivity index (χ3n) is 2.06. The second kappa shape index (κ2) is 4.53. The minimum absolute atomic E-state index is 0.197. The van der Waals surface area contributed by atoms with Crippen molar-refractivity contribution in [3.8, 4) is 5.75 Å². The fraction of sp³-hybridized carbons (Fsp3) is 0.0833. The molecule has 0 radical (unpaired) electrons. The fourth-order valence-corrected chi connectivity index (χ4v) is 1.75. The van der Waals surface area contributed by atoms with Crippen molar-refractivity contribution in [2.24, 2.45) is 0 Å². The largest absolute Gasteiger partial charge is 0.457 e. The number of hydrogen-bond acceptors (Lipinski definition) is 3. The average Bonchev–Trinajstić information content (AvgIpc) is 2.75. The van der Waals surface area contributed by atoms with Crippen molar-refractivity contribution in [3.05, 3.63) is 52.4 Å². The van der Waals surface area contributed by atoms with Crippen LogP contribution in [0.3, 0.4) is 0 Å².